The summed E-state index contributed by atoms with van der Waals surface area (Å²) in [6.45, 7) is 3.93. The highest BCUT2D eigenvalue weighted by molar-refractivity contribution is 7.89. The topological polar surface area (TPSA) is 84.9 Å². The Hall–Kier alpha value is -1.55. The summed E-state index contributed by atoms with van der Waals surface area (Å²) in [6.07, 6.45) is 0. The van der Waals surface area contributed by atoms with Gasteiger partial charge in [0.1, 0.15) is 5.82 Å². The number of ether oxygens (including phenoxy) is 2. The Bertz CT molecular complexity index is 674. The van der Waals surface area contributed by atoms with Crippen molar-refractivity contribution in [2.24, 2.45) is 0 Å². The Morgan fingerprint density at radius 2 is 2.08 bits per heavy atom. The second-order valence-electron chi connectivity index (χ2n) is 5.11. The maximum Gasteiger partial charge on any atom is 0.254 e. The maximum atomic E-state index is 13.9. The molecule has 1 aromatic rings. The number of amides is 1. The molecule has 0 atom stereocenters. The normalized spacial score (nSPS) is 16.1. The van der Waals surface area contributed by atoms with Gasteiger partial charge in [0.15, 0.2) is 0 Å². The Labute approximate surface area is 140 Å². The number of hydrogen-bond donors (Lipinski definition) is 1. The van der Waals surface area contributed by atoms with Crippen LogP contribution in [0.3, 0.4) is 0 Å². The monoisotopic (exact) mass is 360 g/mol. The van der Waals surface area contributed by atoms with Gasteiger partial charge >= 0.3 is 0 Å². The molecule has 0 aliphatic carbocycles. The lowest BCUT2D eigenvalue weighted by Gasteiger charge is -2.26. The summed E-state index contributed by atoms with van der Waals surface area (Å²) in [5, 5.41) is 2.50. The van der Waals surface area contributed by atoms with E-state index >= 15 is 0 Å². The van der Waals surface area contributed by atoms with E-state index in [2.05, 4.69) is 5.32 Å². The second-order valence-corrected chi connectivity index (χ2v) is 7.05. The molecular weight excluding hydrogens is 339 g/mol. The fourth-order valence-corrected chi connectivity index (χ4v) is 3.69. The number of carbonyl (C=O) groups is 1. The van der Waals surface area contributed by atoms with Crippen LogP contribution in [0.5, 0.6) is 0 Å². The van der Waals surface area contributed by atoms with Crippen molar-refractivity contribution in [1.82, 2.24) is 9.62 Å². The van der Waals surface area contributed by atoms with E-state index in [0.717, 1.165) is 18.2 Å². The van der Waals surface area contributed by atoms with Crippen molar-refractivity contribution in [3.8, 4) is 0 Å². The molecule has 0 aromatic heterocycles. The third-order valence-electron chi connectivity index (χ3n) is 3.53. The molecule has 134 valence electrons. The van der Waals surface area contributed by atoms with Crippen LogP contribution in [0, 0.1) is 5.82 Å². The molecule has 2 rings (SSSR count). The van der Waals surface area contributed by atoms with Gasteiger partial charge in [0.25, 0.3) is 5.91 Å². The molecule has 1 aromatic carbocycles. The van der Waals surface area contributed by atoms with Crippen molar-refractivity contribution in [1.29, 1.82) is 0 Å². The van der Waals surface area contributed by atoms with Gasteiger partial charge in [0.05, 0.1) is 30.3 Å². The highest BCUT2D eigenvalue weighted by atomic mass is 32.2. The minimum atomic E-state index is -3.78. The number of hydrogen-bond acceptors (Lipinski definition) is 5. The Balaban J connectivity index is 2.16. The van der Waals surface area contributed by atoms with Crippen LogP contribution in [-0.2, 0) is 19.5 Å². The fourth-order valence-electron chi connectivity index (χ4n) is 2.25. The van der Waals surface area contributed by atoms with Gasteiger partial charge in [0, 0.05) is 26.2 Å². The second kappa shape index (κ2) is 8.52. The summed E-state index contributed by atoms with van der Waals surface area (Å²) in [4.78, 5) is 11.9. The average Bonchev–Trinajstić information content (AvgIpc) is 2.59. The minimum Gasteiger partial charge on any atom is -0.380 e. The molecular formula is C15H21FN2O5S. The number of rotatable bonds is 7. The van der Waals surface area contributed by atoms with Crippen molar-refractivity contribution in [3.63, 3.8) is 0 Å². The lowest BCUT2D eigenvalue weighted by molar-refractivity contribution is 0.0730. The first kappa shape index (κ1) is 18.8. The number of sulfonamides is 1. The highest BCUT2D eigenvalue weighted by Gasteiger charge is 2.27. The average molecular weight is 360 g/mol. The number of morpholine rings is 1. The minimum absolute atomic E-state index is 0.110. The smallest absolute Gasteiger partial charge is 0.254 e. The molecule has 0 radical (unpaired) electrons. The van der Waals surface area contributed by atoms with Crippen LogP contribution < -0.4 is 5.32 Å². The van der Waals surface area contributed by atoms with Crippen molar-refractivity contribution in [2.75, 3.05) is 46.1 Å². The molecule has 1 heterocycles. The molecule has 1 amide bonds. The van der Waals surface area contributed by atoms with Gasteiger partial charge in [0.2, 0.25) is 10.0 Å². The predicted octanol–water partition coefficient (Wildman–Crippen LogP) is 0.613. The molecule has 0 spiro atoms. The van der Waals surface area contributed by atoms with Gasteiger partial charge in [-0.2, -0.15) is 4.31 Å². The van der Waals surface area contributed by atoms with Gasteiger partial charge < -0.3 is 14.8 Å². The molecule has 1 aliphatic rings. The van der Waals surface area contributed by atoms with Crippen LogP contribution in [0.25, 0.3) is 0 Å². The Morgan fingerprint density at radius 1 is 1.38 bits per heavy atom. The number of nitrogens with zero attached hydrogens (tertiary/aromatic N) is 1. The van der Waals surface area contributed by atoms with E-state index in [1.807, 2.05) is 6.92 Å². The zero-order valence-electron chi connectivity index (χ0n) is 13.5. The zero-order chi connectivity index (χ0) is 17.6. The van der Waals surface area contributed by atoms with E-state index < -0.39 is 21.7 Å². The lowest BCUT2D eigenvalue weighted by Crippen LogP contribution is -2.40. The fraction of sp³-hybridized carbons (Fsp3) is 0.533. The molecule has 24 heavy (non-hydrogen) atoms. The molecule has 9 heteroatoms. The SMILES string of the molecule is CCOCCNC(=O)c1cc(S(=O)(=O)N2CCOCC2)ccc1F. The van der Waals surface area contributed by atoms with Crippen LogP contribution in [0.4, 0.5) is 4.39 Å². The first-order valence-electron chi connectivity index (χ1n) is 7.70. The predicted molar refractivity (Wildman–Crippen MR) is 84.8 cm³/mol. The molecule has 0 saturated carbocycles. The maximum absolute atomic E-state index is 13.9. The van der Waals surface area contributed by atoms with Crippen molar-refractivity contribution in [2.45, 2.75) is 11.8 Å². The van der Waals surface area contributed by atoms with E-state index in [1.165, 1.54) is 4.31 Å². The van der Waals surface area contributed by atoms with Crippen LogP contribution in [0.1, 0.15) is 17.3 Å². The van der Waals surface area contributed by atoms with Crippen LogP contribution in [-0.4, -0.2) is 64.7 Å². The molecule has 1 fully saturated rings. The summed E-state index contributed by atoms with van der Waals surface area (Å²) < 4.78 is 50.5. The van der Waals surface area contributed by atoms with E-state index in [9.17, 15) is 17.6 Å². The van der Waals surface area contributed by atoms with Gasteiger partial charge in [-0.25, -0.2) is 12.8 Å². The van der Waals surface area contributed by atoms with E-state index in [-0.39, 0.29) is 30.1 Å². The number of benzene rings is 1. The lowest BCUT2D eigenvalue weighted by atomic mass is 10.2. The molecule has 1 N–H and O–H groups in total. The van der Waals surface area contributed by atoms with Crippen molar-refractivity contribution in [3.05, 3.63) is 29.6 Å². The van der Waals surface area contributed by atoms with Crippen molar-refractivity contribution >= 4 is 15.9 Å². The van der Waals surface area contributed by atoms with Crippen LogP contribution in [0.15, 0.2) is 23.1 Å². The Morgan fingerprint density at radius 3 is 2.75 bits per heavy atom. The summed E-state index contributed by atoms with van der Waals surface area (Å²) in [6, 6.07) is 3.22. The molecule has 0 bridgehead atoms. The third kappa shape index (κ3) is 4.50. The summed E-state index contributed by atoms with van der Waals surface area (Å²) in [5.41, 5.74) is -0.305. The largest absolute Gasteiger partial charge is 0.380 e. The van der Waals surface area contributed by atoms with Crippen LogP contribution >= 0.6 is 0 Å². The van der Waals surface area contributed by atoms with E-state index in [1.54, 1.807) is 0 Å². The van der Waals surface area contributed by atoms with Gasteiger partial charge in [-0.05, 0) is 25.1 Å². The summed E-state index contributed by atoms with van der Waals surface area (Å²) in [7, 11) is -3.78. The van der Waals surface area contributed by atoms with E-state index in [4.69, 9.17) is 9.47 Å². The quantitative estimate of drug-likeness (QED) is 0.721. The standard InChI is InChI=1S/C15H21FN2O5S/c1-2-22-8-5-17-15(19)13-11-12(3-4-14(13)16)24(20,21)18-6-9-23-10-7-18/h3-4,11H,2,5-10H2,1H3,(H,17,19). The van der Waals surface area contributed by atoms with Gasteiger partial charge in [-0.15, -0.1) is 0 Å². The number of halogens is 1. The van der Waals surface area contributed by atoms with Gasteiger partial charge in [-0.3, -0.25) is 4.79 Å². The highest BCUT2D eigenvalue weighted by Crippen LogP contribution is 2.20. The van der Waals surface area contributed by atoms with Gasteiger partial charge in [-0.1, -0.05) is 0 Å². The number of carbonyl (C=O) groups excluding carboxylic acids is 1. The van der Waals surface area contributed by atoms with E-state index in [0.29, 0.717) is 26.4 Å². The summed E-state index contributed by atoms with van der Waals surface area (Å²) in [5.74, 6) is -1.45. The van der Waals surface area contributed by atoms with Crippen LogP contribution in [0.2, 0.25) is 0 Å². The number of nitrogens with one attached hydrogen (secondary N) is 1. The first-order valence-corrected chi connectivity index (χ1v) is 9.14. The molecule has 0 unspecified atom stereocenters. The molecule has 1 aliphatic heterocycles. The summed E-state index contributed by atoms with van der Waals surface area (Å²) >= 11 is 0. The van der Waals surface area contributed by atoms with Crippen molar-refractivity contribution < 1.29 is 27.1 Å². The Kier molecular flexibility index (Phi) is 6.67. The zero-order valence-corrected chi connectivity index (χ0v) is 14.3. The molecule has 7 nitrogen and oxygen atoms in total. The first-order chi connectivity index (χ1) is 11.5. The third-order valence-corrected chi connectivity index (χ3v) is 5.42. The molecule has 1 saturated heterocycles.